The molecule has 0 bridgehead atoms. The summed E-state index contributed by atoms with van der Waals surface area (Å²) in [5.74, 6) is 0.665. The number of rotatable bonds is 4. The van der Waals surface area contributed by atoms with Crippen LogP contribution in [0.5, 0.6) is 5.75 Å². The summed E-state index contributed by atoms with van der Waals surface area (Å²) in [6, 6.07) is 8.39. The first kappa shape index (κ1) is 14.5. The number of hydrogen-bond donors (Lipinski definition) is 0. The summed E-state index contributed by atoms with van der Waals surface area (Å²) in [6.45, 7) is 4.24. The third-order valence-electron chi connectivity index (χ3n) is 2.87. The summed E-state index contributed by atoms with van der Waals surface area (Å²) in [6.07, 6.45) is 0. The van der Waals surface area contributed by atoms with Crippen molar-refractivity contribution in [3.05, 3.63) is 50.8 Å². The van der Waals surface area contributed by atoms with Gasteiger partial charge < -0.3 is 4.74 Å². The van der Waals surface area contributed by atoms with Crippen LogP contribution in [0.2, 0.25) is 0 Å². The predicted octanol–water partition coefficient (Wildman–Crippen LogP) is 0.684. The van der Waals surface area contributed by atoms with Crippen molar-refractivity contribution in [2.24, 2.45) is 0 Å². The SMILES string of the molecule is CCOc1ccc(-n2nc(C#N)c(=O)n(CC)c2=O)cc1. The molecule has 1 heterocycles. The molecule has 2 rings (SSSR count). The summed E-state index contributed by atoms with van der Waals surface area (Å²) in [5.41, 5.74) is -1.11. The van der Waals surface area contributed by atoms with Crippen LogP contribution in [0.15, 0.2) is 33.9 Å². The number of ether oxygens (including phenoxy) is 1. The topological polar surface area (TPSA) is 89.9 Å². The van der Waals surface area contributed by atoms with E-state index in [1.54, 1.807) is 37.3 Å². The fourth-order valence-electron chi connectivity index (χ4n) is 1.88. The fourth-order valence-corrected chi connectivity index (χ4v) is 1.88. The second-order valence-electron chi connectivity index (χ2n) is 4.13. The summed E-state index contributed by atoms with van der Waals surface area (Å²) in [4.78, 5) is 24.0. The first-order valence-corrected chi connectivity index (χ1v) is 6.49. The summed E-state index contributed by atoms with van der Waals surface area (Å²) in [7, 11) is 0. The molecule has 0 radical (unpaired) electrons. The molecule has 21 heavy (non-hydrogen) atoms. The molecule has 0 aliphatic rings. The van der Waals surface area contributed by atoms with Crippen LogP contribution < -0.4 is 16.0 Å². The zero-order valence-corrected chi connectivity index (χ0v) is 11.7. The third kappa shape index (κ3) is 2.69. The van der Waals surface area contributed by atoms with E-state index >= 15 is 0 Å². The second kappa shape index (κ2) is 6.05. The van der Waals surface area contributed by atoms with E-state index in [2.05, 4.69) is 5.10 Å². The van der Waals surface area contributed by atoms with Crippen molar-refractivity contribution in [1.29, 1.82) is 5.26 Å². The lowest BCUT2D eigenvalue weighted by molar-refractivity contribution is 0.340. The van der Waals surface area contributed by atoms with Gasteiger partial charge in [0, 0.05) is 6.54 Å². The van der Waals surface area contributed by atoms with Gasteiger partial charge in [-0.3, -0.25) is 9.36 Å². The highest BCUT2D eigenvalue weighted by Gasteiger charge is 2.12. The van der Waals surface area contributed by atoms with Gasteiger partial charge in [0.1, 0.15) is 11.8 Å². The Morgan fingerprint density at radius 3 is 2.43 bits per heavy atom. The Balaban J connectivity index is 2.61. The molecule has 108 valence electrons. The van der Waals surface area contributed by atoms with Gasteiger partial charge in [-0.25, -0.2) is 4.79 Å². The van der Waals surface area contributed by atoms with Crippen LogP contribution in [-0.2, 0) is 6.54 Å². The lowest BCUT2D eigenvalue weighted by atomic mass is 10.3. The number of nitrogens with zero attached hydrogens (tertiary/aromatic N) is 4. The van der Waals surface area contributed by atoms with Crippen LogP contribution in [0, 0.1) is 11.3 Å². The van der Waals surface area contributed by atoms with Gasteiger partial charge in [0.15, 0.2) is 0 Å². The molecule has 1 aromatic heterocycles. The second-order valence-corrected chi connectivity index (χ2v) is 4.13. The van der Waals surface area contributed by atoms with Crippen molar-refractivity contribution in [3.8, 4) is 17.5 Å². The molecular formula is C14H14N4O3. The molecule has 7 heteroatoms. The maximum Gasteiger partial charge on any atom is 0.352 e. The van der Waals surface area contributed by atoms with Crippen molar-refractivity contribution in [2.45, 2.75) is 20.4 Å². The predicted molar refractivity (Wildman–Crippen MR) is 75.7 cm³/mol. The molecule has 0 atom stereocenters. The van der Waals surface area contributed by atoms with Crippen LogP contribution in [-0.4, -0.2) is 21.0 Å². The molecule has 0 saturated carbocycles. The molecule has 2 aromatic rings. The lowest BCUT2D eigenvalue weighted by Gasteiger charge is -2.09. The largest absolute Gasteiger partial charge is 0.494 e. The van der Waals surface area contributed by atoms with E-state index in [0.717, 1.165) is 9.25 Å². The monoisotopic (exact) mass is 286 g/mol. The van der Waals surface area contributed by atoms with E-state index in [9.17, 15) is 9.59 Å². The van der Waals surface area contributed by atoms with E-state index in [1.807, 2.05) is 6.92 Å². The van der Waals surface area contributed by atoms with Gasteiger partial charge in [-0.15, -0.1) is 5.10 Å². The van der Waals surface area contributed by atoms with Gasteiger partial charge in [-0.05, 0) is 38.1 Å². The molecular weight excluding hydrogens is 272 g/mol. The van der Waals surface area contributed by atoms with Gasteiger partial charge in [-0.2, -0.15) is 9.94 Å². The number of nitriles is 1. The van der Waals surface area contributed by atoms with E-state index in [4.69, 9.17) is 10.00 Å². The van der Waals surface area contributed by atoms with Crippen LogP contribution in [0.1, 0.15) is 19.5 Å². The van der Waals surface area contributed by atoms with Crippen molar-refractivity contribution in [2.75, 3.05) is 6.61 Å². The zero-order valence-electron chi connectivity index (χ0n) is 11.7. The average molecular weight is 286 g/mol. The van der Waals surface area contributed by atoms with Crippen molar-refractivity contribution in [1.82, 2.24) is 14.3 Å². The maximum atomic E-state index is 12.2. The zero-order chi connectivity index (χ0) is 15.4. The van der Waals surface area contributed by atoms with Crippen LogP contribution >= 0.6 is 0 Å². The molecule has 0 aliphatic carbocycles. The Morgan fingerprint density at radius 2 is 1.90 bits per heavy atom. The Kier molecular flexibility index (Phi) is 4.18. The van der Waals surface area contributed by atoms with Gasteiger partial charge in [0.25, 0.3) is 5.56 Å². The summed E-state index contributed by atoms with van der Waals surface area (Å²) < 4.78 is 7.34. The minimum Gasteiger partial charge on any atom is -0.494 e. The molecule has 0 unspecified atom stereocenters. The number of aromatic nitrogens is 3. The molecule has 0 amide bonds. The Bertz CT molecular complexity index is 797. The number of hydrogen-bond acceptors (Lipinski definition) is 5. The van der Waals surface area contributed by atoms with Gasteiger partial charge in [0.05, 0.1) is 12.3 Å². The Labute approximate surface area is 120 Å². The van der Waals surface area contributed by atoms with Crippen molar-refractivity contribution in [3.63, 3.8) is 0 Å². The first-order chi connectivity index (χ1) is 10.1. The van der Waals surface area contributed by atoms with Gasteiger partial charge in [0.2, 0.25) is 5.69 Å². The van der Waals surface area contributed by atoms with Crippen LogP contribution in [0.4, 0.5) is 0 Å². The van der Waals surface area contributed by atoms with Crippen LogP contribution in [0.25, 0.3) is 5.69 Å². The lowest BCUT2D eigenvalue weighted by Crippen LogP contribution is -2.41. The van der Waals surface area contributed by atoms with E-state index in [0.29, 0.717) is 18.0 Å². The van der Waals surface area contributed by atoms with E-state index < -0.39 is 11.2 Å². The highest BCUT2D eigenvalue weighted by Crippen LogP contribution is 2.13. The van der Waals surface area contributed by atoms with Gasteiger partial charge >= 0.3 is 5.69 Å². The molecule has 0 spiro atoms. The van der Waals surface area contributed by atoms with E-state index in [-0.39, 0.29) is 12.2 Å². The molecule has 0 aliphatic heterocycles. The number of benzene rings is 1. The van der Waals surface area contributed by atoms with Crippen molar-refractivity contribution < 1.29 is 4.74 Å². The highest BCUT2D eigenvalue weighted by molar-refractivity contribution is 5.36. The summed E-state index contributed by atoms with van der Waals surface area (Å²) >= 11 is 0. The van der Waals surface area contributed by atoms with Gasteiger partial charge in [-0.1, -0.05) is 0 Å². The highest BCUT2D eigenvalue weighted by atomic mass is 16.5. The Hall–Kier alpha value is -2.88. The molecule has 0 saturated heterocycles. The summed E-state index contributed by atoms with van der Waals surface area (Å²) in [5, 5.41) is 12.8. The first-order valence-electron chi connectivity index (χ1n) is 6.49. The van der Waals surface area contributed by atoms with Crippen molar-refractivity contribution >= 4 is 0 Å². The molecule has 0 fully saturated rings. The van der Waals surface area contributed by atoms with E-state index in [1.165, 1.54) is 0 Å². The minimum absolute atomic E-state index is 0.173. The maximum absolute atomic E-state index is 12.2. The minimum atomic E-state index is -0.674. The fraction of sp³-hybridized carbons (Fsp3) is 0.286. The Morgan fingerprint density at radius 1 is 1.24 bits per heavy atom. The third-order valence-corrected chi connectivity index (χ3v) is 2.87. The molecule has 0 N–H and O–H groups in total. The average Bonchev–Trinajstić information content (AvgIpc) is 2.49. The quantitative estimate of drug-likeness (QED) is 0.824. The molecule has 1 aromatic carbocycles. The van der Waals surface area contributed by atoms with Crippen LogP contribution in [0.3, 0.4) is 0 Å². The smallest absolute Gasteiger partial charge is 0.352 e. The standard InChI is InChI=1S/C14H14N4O3/c1-3-17-13(19)12(9-15)16-18(14(17)20)10-5-7-11(8-6-10)21-4-2/h5-8H,3-4H2,1-2H3. The molecule has 7 nitrogen and oxygen atoms in total. The normalized spacial score (nSPS) is 10.1.